The van der Waals surface area contributed by atoms with E-state index in [1.54, 1.807) is 13.4 Å². The molecule has 0 aromatic carbocycles. The van der Waals surface area contributed by atoms with E-state index in [9.17, 15) is 0 Å². The molecular formula is C19H34N4O3. The van der Waals surface area contributed by atoms with E-state index in [1.807, 2.05) is 26.0 Å². The van der Waals surface area contributed by atoms with Crippen molar-refractivity contribution >= 4 is 5.96 Å². The van der Waals surface area contributed by atoms with Gasteiger partial charge in [0.25, 0.3) is 0 Å². The van der Waals surface area contributed by atoms with Gasteiger partial charge in [-0.3, -0.25) is 9.89 Å². The van der Waals surface area contributed by atoms with E-state index in [2.05, 4.69) is 20.5 Å². The molecule has 1 saturated heterocycles. The topological polar surface area (TPSA) is 71.3 Å². The van der Waals surface area contributed by atoms with Crippen LogP contribution in [0, 0.1) is 0 Å². The first-order valence-corrected chi connectivity index (χ1v) is 9.49. The van der Waals surface area contributed by atoms with E-state index in [-0.39, 0.29) is 5.60 Å². The molecule has 1 aliphatic rings. The second-order valence-corrected chi connectivity index (χ2v) is 7.12. The zero-order valence-corrected chi connectivity index (χ0v) is 16.4. The minimum absolute atomic E-state index is 0.274. The van der Waals surface area contributed by atoms with Gasteiger partial charge in [-0.05, 0) is 38.9 Å². The van der Waals surface area contributed by atoms with Crippen molar-refractivity contribution in [1.82, 2.24) is 15.5 Å². The summed E-state index contributed by atoms with van der Waals surface area (Å²) in [5.74, 6) is 1.80. The van der Waals surface area contributed by atoms with Gasteiger partial charge in [-0.15, -0.1) is 0 Å². The Bertz CT molecular complexity index is 511. The molecule has 0 radical (unpaired) electrons. The Labute approximate surface area is 157 Å². The second-order valence-electron chi connectivity index (χ2n) is 7.12. The third kappa shape index (κ3) is 8.21. The molecule has 2 heterocycles. The molecule has 0 unspecified atom stereocenters. The summed E-state index contributed by atoms with van der Waals surface area (Å²) in [5.41, 5.74) is -0.274. The Balaban J connectivity index is 1.74. The van der Waals surface area contributed by atoms with E-state index in [0.29, 0.717) is 6.54 Å². The lowest BCUT2D eigenvalue weighted by atomic mass is 10.1. The largest absolute Gasteiger partial charge is 0.469 e. The van der Waals surface area contributed by atoms with Crippen molar-refractivity contribution in [3.8, 4) is 0 Å². The smallest absolute Gasteiger partial charge is 0.191 e. The normalized spacial score (nSPS) is 16.7. The lowest BCUT2D eigenvalue weighted by molar-refractivity contribution is 0.0310. The molecule has 0 bridgehead atoms. The number of guanidine groups is 1. The highest BCUT2D eigenvalue weighted by molar-refractivity contribution is 5.79. The highest BCUT2D eigenvalue weighted by Gasteiger charge is 2.16. The van der Waals surface area contributed by atoms with Crippen molar-refractivity contribution in [3.63, 3.8) is 0 Å². The zero-order chi connectivity index (χ0) is 18.7. The summed E-state index contributed by atoms with van der Waals surface area (Å²) in [5, 5.41) is 6.81. The molecule has 2 N–H and O–H groups in total. The van der Waals surface area contributed by atoms with Crippen molar-refractivity contribution < 1.29 is 13.9 Å². The number of hydrogen-bond acceptors (Lipinski definition) is 5. The number of ether oxygens (including phenoxy) is 2. The number of hydrogen-bond donors (Lipinski definition) is 2. The van der Waals surface area contributed by atoms with Crippen molar-refractivity contribution in [2.45, 2.75) is 32.3 Å². The molecular weight excluding hydrogens is 332 g/mol. The number of rotatable bonds is 10. The molecule has 2 rings (SSSR count). The predicted octanol–water partition coefficient (Wildman–Crippen LogP) is 1.50. The minimum Gasteiger partial charge on any atom is -0.469 e. The van der Waals surface area contributed by atoms with Crippen LogP contribution < -0.4 is 10.6 Å². The standard InChI is InChI=1S/C19H34N4O3/c1-19(2,24-3)16-22-18(21-9-7-17-6-4-13-26-17)20-8-5-10-23-11-14-25-15-12-23/h4,6,13H,5,7-12,14-16H2,1-3H3,(H2,20,21,22). The van der Waals surface area contributed by atoms with E-state index in [4.69, 9.17) is 13.9 Å². The first kappa shape index (κ1) is 20.7. The summed E-state index contributed by atoms with van der Waals surface area (Å²) < 4.78 is 16.2. The average molecular weight is 367 g/mol. The number of nitrogens with one attached hydrogen (secondary N) is 2. The fourth-order valence-corrected chi connectivity index (χ4v) is 2.60. The SMILES string of the molecule is COC(C)(C)CN=C(NCCCN1CCOCC1)NCCc1ccco1. The molecule has 0 saturated carbocycles. The summed E-state index contributed by atoms with van der Waals surface area (Å²) in [6.45, 7) is 11.2. The molecule has 1 aromatic rings. The van der Waals surface area contributed by atoms with Gasteiger partial charge in [0.1, 0.15) is 5.76 Å². The van der Waals surface area contributed by atoms with Gasteiger partial charge in [-0.1, -0.05) is 0 Å². The van der Waals surface area contributed by atoms with Crippen LogP contribution >= 0.6 is 0 Å². The van der Waals surface area contributed by atoms with Gasteiger partial charge in [0, 0.05) is 39.7 Å². The van der Waals surface area contributed by atoms with Gasteiger partial charge in [0.2, 0.25) is 0 Å². The second kappa shape index (κ2) is 11.2. The summed E-state index contributed by atoms with van der Waals surface area (Å²) in [7, 11) is 1.72. The minimum atomic E-state index is -0.274. The fraction of sp³-hybridized carbons (Fsp3) is 0.737. The molecule has 1 aromatic heterocycles. The van der Waals surface area contributed by atoms with Gasteiger partial charge >= 0.3 is 0 Å². The Morgan fingerprint density at radius 1 is 1.27 bits per heavy atom. The summed E-state index contributed by atoms with van der Waals surface area (Å²) in [6, 6.07) is 3.90. The molecule has 0 atom stereocenters. The average Bonchev–Trinajstić information content (AvgIpc) is 3.17. The molecule has 7 heteroatoms. The van der Waals surface area contributed by atoms with Crippen LogP contribution in [-0.4, -0.2) is 76.1 Å². The Kier molecular flexibility index (Phi) is 8.94. The van der Waals surface area contributed by atoms with Crippen molar-refractivity contribution in [2.75, 3.05) is 59.6 Å². The first-order chi connectivity index (χ1) is 12.6. The maximum atomic E-state index is 5.46. The number of furan rings is 1. The summed E-state index contributed by atoms with van der Waals surface area (Å²) in [6.07, 6.45) is 3.61. The Morgan fingerprint density at radius 2 is 2.04 bits per heavy atom. The third-order valence-corrected chi connectivity index (χ3v) is 4.46. The quantitative estimate of drug-likeness (QED) is 0.372. The first-order valence-electron chi connectivity index (χ1n) is 9.49. The number of aliphatic imine (C=N–C) groups is 1. The van der Waals surface area contributed by atoms with Gasteiger partial charge in [0.15, 0.2) is 5.96 Å². The summed E-state index contributed by atoms with van der Waals surface area (Å²) >= 11 is 0. The number of morpholine rings is 1. The van der Waals surface area contributed by atoms with E-state index < -0.39 is 0 Å². The maximum absolute atomic E-state index is 5.46. The monoisotopic (exact) mass is 366 g/mol. The zero-order valence-electron chi connectivity index (χ0n) is 16.4. The third-order valence-electron chi connectivity index (χ3n) is 4.46. The van der Waals surface area contributed by atoms with Crippen LogP contribution in [0.5, 0.6) is 0 Å². The lowest BCUT2D eigenvalue weighted by Gasteiger charge is -2.26. The fourth-order valence-electron chi connectivity index (χ4n) is 2.60. The molecule has 0 amide bonds. The molecule has 26 heavy (non-hydrogen) atoms. The molecule has 7 nitrogen and oxygen atoms in total. The van der Waals surface area contributed by atoms with Crippen molar-refractivity contribution in [3.05, 3.63) is 24.2 Å². The summed E-state index contributed by atoms with van der Waals surface area (Å²) in [4.78, 5) is 7.12. The van der Waals surface area contributed by atoms with Crippen LogP contribution in [0.3, 0.4) is 0 Å². The number of methoxy groups -OCH3 is 1. The molecule has 1 fully saturated rings. The van der Waals surface area contributed by atoms with Crippen LogP contribution in [0.1, 0.15) is 26.0 Å². The van der Waals surface area contributed by atoms with E-state index in [0.717, 1.165) is 70.5 Å². The Hall–Kier alpha value is -1.57. The van der Waals surface area contributed by atoms with Crippen molar-refractivity contribution in [2.24, 2.45) is 4.99 Å². The van der Waals surface area contributed by atoms with Gasteiger partial charge in [0.05, 0.1) is 31.6 Å². The van der Waals surface area contributed by atoms with Crippen molar-refractivity contribution in [1.29, 1.82) is 0 Å². The van der Waals surface area contributed by atoms with Crippen LogP contribution in [-0.2, 0) is 15.9 Å². The van der Waals surface area contributed by atoms with E-state index >= 15 is 0 Å². The number of nitrogens with zero attached hydrogens (tertiary/aromatic N) is 2. The predicted molar refractivity (Wildman–Crippen MR) is 104 cm³/mol. The van der Waals surface area contributed by atoms with Crippen LogP contribution in [0.15, 0.2) is 27.8 Å². The van der Waals surface area contributed by atoms with Gasteiger partial charge < -0.3 is 24.5 Å². The van der Waals surface area contributed by atoms with Gasteiger partial charge in [-0.2, -0.15) is 0 Å². The lowest BCUT2D eigenvalue weighted by Crippen LogP contribution is -2.42. The Morgan fingerprint density at radius 3 is 2.73 bits per heavy atom. The van der Waals surface area contributed by atoms with Gasteiger partial charge in [-0.25, -0.2) is 0 Å². The van der Waals surface area contributed by atoms with Crippen LogP contribution in [0.2, 0.25) is 0 Å². The maximum Gasteiger partial charge on any atom is 0.191 e. The molecule has 1 aliphatic heterocycles. The highest BCUT2D eigenvalue weighted by Crippen LogP contribution is 2.07. The highest BCUT2D eigenvalue weighted by atomic mass is 16.5. The van der Waals surface area contributed by atoms with E-state index in [1.165, 1.54) is 0 Å². The van der Waals surface area contributed by atoms with Crippen LogP contribution in [0.4, 0.5) is 0 Å². The van der Waals surface area contributed by atoms with Crippen LogP contribution in [0.25, 0.3) is 0 Å². The molecule has 0 aliphatic carbocycles. The molecule has 0 spiro atoms. The molecule has 148 valence electrons.